The Hall–Kier alpha value is -0.780. The summed E-state index contributed by atoms with van der Waals surface area (Å²) in [5.41, 5.74) is 0. The molecule has 0 radical (unpaired) electrons. The van der Waals surface area contributed by atoms with E-state index in [0.717, 1.165) is 6.42 Å². The third-order valence-corrected chi connectivity index (χ3v) is 2.00. The molecule has 0 aliphatic rings. The Labute approximate surface area is 99.6 Å². The summed E-state index contributed by atoms with van der Waals surface area (Å²) in [6.45, 7) is 2.60. The molecule has 0 fully saturated rings. The lowest BCUT2D eigenvalue weighted by molar-refractivity contribution is -0.192. The molecule has 0 unspecified atom stereocenters. The Bertz CT molecular complexity index is 173. The molecular weight excluding hydrogens is 237 g/mol. The first-order valence-corrected chi connectivity index (χ1v) is 5.77. The number of carbonyl (C=O) groups is 1. The highest BCUT2D eigenvalue weighted by Gasteiger charge is 2.38. The molecule has 0 aromatic rings. The lowest BCUT2D eigenvalue weighted by atomic mass is 10.1. The van der Waals surface area contributed by atoms with Gasteiger partial charge in [0, 0.05) is 6.61 Å². The number of unbranched alkanes of at least 4 members (excludes halogenated alkanes) is 6. The lowest BCUT2D eigenvalue weighted by Crippen LogP contribution is -2.21. The molecule has 3 nitrogen and oxygen atoms in total. The van der Waals surface area contributed by atoms with Crippen LogP contribution in [0, 0.1) is 0 Å². The topological polar surface area (TPSA) is 57.5 Å². The molecule has 0 aliphatic heterocycles. The van der Waals surface area contributed by atoms with Gasteiger partial charge in [-0.05, 0) is 6.42 Å². The minimum absolute atomic E-state index is 0.369. The molecule has 0 heterocycles. The molecule has 0 saturated heterocycles. The predicted molar refractivity (Wildman–Crippen MR) is 58.8 cm³/mol. The molecule has 0 amide bonds. The van der Waals surface area contributed by atoms with Crippen LogP contribution in [0.4, 0.5) is 13.2 Å². The van der Waals surface area contributed by atoms with Crippen molar-refractivity contribution in [2.24, 2.45) is 0 Å². The minimum Gasteiger partial charge on any atom is -0.475 e. The third kappa shape index (κ3) is 17.8. The fraction of sp³-hybridized carbons (Fsp3) is 0.909. The van der Waals surface area contributed by atoms with Crippen molar-refractivity contribution in [1.29, 1.82) is 0 Å². The number of alkyl halides is 3. The molecule has 0 spiro atoms. The molecule has 0 saturated carbocycles. The Kier molecular flexibility index (Phi) is 12.8. The number of rotatable bonds is 7. The van der Waals surface area contributed by atoms with E-state index in [9.17, 15) is 13.2 Å². The second-order valence-electron chi connectivity index (χ2n) is 3.65. The quantitative estimate of drug-likeness (QED) is 0.688. The summed E-state index contributed by atoms with van der Waals surface area (Å²) < 4.78 is 31.7. The summed E-state index contributed by atoms with van der Waals surface area (Å²) in [5.74, 6) is -2.76. The van der Waals surface area contributed by atoms with Gasteiger partial charge in [0.05, 0.1) is 0 Å². The zero-order chi connectivity index (χ0) is 13.7. The van der Waals surface area contributed by atoms with Crippen molar-refractivity contribution in [3.8, 4) is 0 Å². The molecule has 6 heteroatoms. The molecule has 2 N–H and O–H groups in total. The van der Waals surface area contributed by atoms with Crippen LogP contribution in [0.3, 0.4) is 0 Å². The average molecular weight is 258 g/mol. The first kappa shape index (κ1) is 18.6. The zero-order valence-corrected chi connectivity index (χ0v) is 10.1. The van der Waals surface area contributed by atoms with E-state index in [-0.39, 0.29) is 0 Å². The SMILES string of the molecule is CCCCCCCCCO.O=C(O)C(F)(F)F. The second kappa shape index (κ2) is 11.7. The number of hydrogen-bond donors (Lipinski definition) is 2. The monoisotopic (exact) mass is 258 g/mol. The molecule has 0 bridgehead atoms. The van der Waals surface area contributed by atoms with Crippen molar-refractivity contribution in [3.05, 3.63) is 0 Å². The number of aliphatic hydroxyl groups excluding tert-OH is 1. The van der Waals surface area contributed by atoms with Crippen LogP contribution in [0.25, 0.3) is 0 Å². The Morgan fingerprint density at radius 1 is 1.00 bits per heavy atom. The molecule has 0 aromatic carbocycles. The van der Waals surface area contributed by atoms with Crippen LogP contribution in [0.2, 0.25) is 0 Å². The summed E-state index contributed by atoms with van der Waals surface area (Å²) >= 11 is 0. The molecule has 17 heavy (non-hydrogen) atoms. The van der Waals surface area contributed by atoms with Crippen LogP contribution in [-0.2, 0) is 4.79 Å². The molecule has 0 rings (SSSR count). The highest BCUT2D eigenvalue weighted by atomic mass is 19.4. The summed E-state index contributed by atoms with van der Waals surface area (Å²) in [4.78, 5) is 8.90. The highest BCUT2D eigenvalue weighted by Crippen LogP contribution is 2.13. The normalized spacial score (nSPS) is 10.6. The van der Waals surface area contributed by atoms with E-state index in [1.54, 1.807) is 0 Å². The van der Waals surface area contributed by atoms with Gasteiger partial charge in [-0.25, -0.2) is 4.79 Å². The number of carboxylic acid groups (broad SMARTS) is 1. The number of halogens is 3. The second-order valence-corrected chi connectivity index (χ2v) is 3.65. The molecule has 104 valence electrons. The summed E-state index contributed by atoms with van der Waals surface area (Å²) in [6.07, 6.45) is 3.85. The van der Waals surface area contributed by atoms with E-state index in [4.69, 9.17) is 15.0 Å². The summed E-state index contributed by atoms with van der Waals surface area (Å²) in [6, 6.07) is 0. The number of hydrogen-bond acceptors (Lipinski definition) is 2. The maximum absolute atomic E-state index is 10.6. The van der Waals surface area contributed by atoms with Crippen molar-refractivity contribution in [2.45, 2.75) is 58.0 Å². The van der Waals surface area contributed by atoms with E-state index in [0.29, 0.717) is 6.61 Å². The zero-order valence-electron chi connectivity index (χ0n) is 10.1. The van der Waals surface area contributed by atoms with Gasteiger partial charge in [-0.2, -0.15) is 13.2 Å². The first-order chi connectivity index (χ1) is 7.86. The van der Waals surface area contributed by atoms with Crippen LogP contribution < -0.4 is 0 Å². The van der Waals surface area contributed by atoms with Crippen LogP contribution in [0.5, 0.6) is 0 Å². The summed E-state index contributed by atoms with van der Waals surface area (Å²) in [7, 11) is 0. The molecule has 0 aromatic heterocycles. The van der Waals surface area contributed by atoms with Crippen molar-refractivity contribution >= 4 is 5.97 Å². The van der Waals surface area contributed by atoms with Gasteiger partial charge in [0.25, 0.3) is 0 Å². The van der Waals surface area contributed by atoms with Crippen molar-refractivity contribution in [1.82, 2.24) is 0 Å². The van der Waals surface area contributed by atoms with Crippen molar-refractivity contribution in [2.75, 3.05) is 6.61 Å². The first-order valence-electron chi connectivity index (χ1n) is 5.77. The van der Waals surface area contributed by atoms with Gasteiger partial charge in [-0.15, -0.1) is 0 Å². The Morgan fingerprint density at radius 2 is 1.35 bits per heavy atom. The smallest absolute Gasteiger partial charge is 0.475 e. The van der Waals surface area contributed by atoms with Gasteiger partial charge in [0.2, 0.25) is 0 Å². The number of carboxylic acids is 1. The molecule has 0 atom stereocenters. The van der Waals surface area contributed by atoms with Crippen LogP contribution in [0.15, 0.2) is 0 Å². The standard InChI is InChI=1S/C9H20O.C2HF3O2/c1-2-3-4-5-6-7-8-9-10;3-2(4,5)1(6)7/h10H,2-9H2,1H3;(H,6,7). The fourth-order valence-electron chi connectivity index (χ4n) is 1.07. The largest absolute Gasteiger partial charge is 0.490 e. The lowest BCUT2D eigenvalue weighted by Gasteiger charge is -1.97. The van der Waals surface area contributed by atoms with Gasteiger partial charge in [-0.3, -0.25) is 0 Å². The van der Waals surface area contributed by atoms with Gasteiger partial charge in [0.15, 0.2) is 0 Å². The Balaban J connectivity index is 0. The molecule has 0 aliphatic carbocycles. The molecular formula is C11H21F3O3. The average Bonchev–Trinajstić information content (AvgIpc) is 2.23. The van der Waals surface area contributed by atoms with Gasteiger partial charge >= 0.3 is 12.1 Å². The fourth-order valence-corrected chi connectivity index (χ4v) is 1.07. The van der Waals surface area contributed by atoms with E-state index in [2.05, 4.69) is 6.92 Å². The predicted octanol–water partition coefficient (Wildman–Crippen LogP) is 3.36. The third-order valence-electron chi connectivity index (χ3n) is 2.00. The van der Waals surface area contributed by atoms with Gasteiger partial charge in [-0.1, -0.05) is 45.4 Å². The van der Waals surface area contributed by atoms with Crippen molar-refractivity contribution in [3.63, 3.8) is 0 Å². The van der Waals surface area contributed by atoms with E-state index in [1.165, 1.54) is 38.5 Å². The van der Waals surface area contributed by atoms with Crippen LogP contribution in [0.1, 0.15) is 51.9 Å². The van der Waals surface area contributed by atoms with E-state index in [1.807, 2.05) is 0 Å². The maximum atomic E-state index is 10.6. The maximum Gasteiger partial charge on any atom is 0.490 e. The van der Waals surface area contributed by atoms with Gasteiger partial charge in [0.1, 0.15) is 0 Å². The number of aliphatic hydroxyl groups is 1. The van der Waals surface area contributed by atoms with Gasteiger partial charge < -0.3 is 10.2 Å². The number of aliphatic carboxylic acids is 1. The Morgan fingerprint density at radius 3 is 1.65 bits per heavy atom. The van der Waals surface area contributed by atoms with Crippen LogP contribution >= 0.6 is 0 Å². The van der Waals surface area contributed by atoms with E-state index >= 15 is 0 Å². The highest BCUT2D eigenvalue weighted by molar-refractivity contribution is 5.73. The van der Waals surface area contributed by atoms with E-state index < -0.39 is 12.1 Å². The minimum atomic E-state index is -5.08. The van der Waals surface area contributed by atoms with Crippen molar-refractivity contribution < 1.29 is 28.2 Å². The summed E-state index contributed by atoms with van der Waals surface area (Å²) in [5, 5.41) is 15.6. The van der Waals surface area contributed by atoms with Crippen LogP contribution in [-0.4, -0.2) is 29.0 Å².